The van der Waals surface area contributed by atoms with Gasteiger partial charge in [-0.3, -0.25) is 9.59 Å². The number of carbonyl (C=O) groups is 2. The van der Waals surface area contributed by atoms with Crippen LogP contribution in [0.5, 0.6) is 17.2 Å². The summed E-state index contributed by atoms with van der Waals surface area (Å²) >= 11 is 0. The number of carbonyl (C=O) groups excluding carboxylic acids is 2. The van der Waals surface area contributed by atoms with Crippen LogP contribution >= 0.6 is 0 Å². The lowest BCUT2D eigenvalue weighted by molar-refractivity contribution is -0.121. The number of hydrogen-bond donors (Lipinski definition) is 1. The van der Waals surface area contributed by atoms with Crippen molar-refractivity contribution in [3.63, 3.8) is 0 Å². The number of rotatable bonds is 9. The van der Waals surface area contributed by atoms with Crippen LogP contribution in [-0.2, 0) is 9.59 Å². The second kappa shape index (κ2) is 11.2. The van der Waals surface area contributed by atoms with Crippen LogP contribution in [0.15, 0.2) is 72.8 Å². The molecule has 0 spiro atoms. The molecule has 35 heavy (non-hydrogen) atoms. The van der Waals surface area contributed by atoms with Gasteiger partial charge in [-0.1, -0.05) is 12.1 Å². The number of nitrogens with one attached hydrogen (secondary N) is 1. The molecule has 2 amide bonds. The fourth-order valence-corrected chi connectivity index (χ4v) is 3.54. The van der Waals surface area contributed by atoms with E-state index in [1.807, 2.05) is 24.3 Å². The van der Waals surface area contributed by atoms with Crippen LogP contribution in [0.1, 0.15) is 12.0 Å². The van der Waals surface area contributed by atoms with Crippen molar-refractivity contribution in [2.75, 3.05) is 37.1 Å². The van der Waals surface area contributed by atoms with Crippen molar-refractivity contribution in [2.24, 2.45) is 0 Å². The lowest BCUT2D eigenvalue weighted by atomic mass is 10.2. The number of anilines is 2. The first-order valence-corrected chi connectivity index (χ1v) is 11.1. The second-order valence-corrected chi connectivity index (χ2v) is 7.77. The molecule has 1 aliphatic rings. The summed E-state index contributed by atoms with van der Waals surface area (Å²) in [4.78, 5) is 26.5. The van der Waals surface area contributed by atoms with Gasteiger partial charge in [0.1, 0.15) is 23.1 Å². The van der Waals surface area contributed by atoms with Gasteiger partial charge in [-0.25, -0.2) is 4.39 Å². The number of ether oxygens (including phenoxy) is 3. The molecule has 0 unspecified atom stereocenters. The van der Waals surface area contributed by atoms with Gasteiger partial charge in [0.15, 0.2) is 6.61 Å². The predicted octanol–water partition coefficient (Wildman–Crippen LogP) is 4.68. The van der Waals surface area contributed by atoms with E-state index < -0.39 is 0 Å². The smallest absolute Gasteiger partial charge is 0.265 e. The highest BCUT2D eigenvalue weighted by atomic mass is 19.1. The molecule has 0 atom stereocenters. The third kappa shape index (κ3) is 6.38. The summed E-state index contributed by atoms with van der Waals surface area (Å²) in [6.45, 7) is 0.822. The number of halogens is 1. The monoisotopic (exact) mass is 476 g/mol. The van der Waals surface area contributed by atoms with E-state index in [2.05, 4.69) is 5.32 Å². The van der Waals surface area contributed by atoms with Gasteiger partial charge in [-0.15, -0.1) is 0 Å². The molecule has 0 radical (unpaired) electrons. The summed E-state index contributed by atoms with van der Waals surface area (Å²) in [7, 11) is 1.61. The van der Waals surface area contributed by atoms with E-state index in [1.54, 1.807) is 48.4 Å². The van der Waals surface area contributed by atoms with Crippen molar-refractivity contribution >= 4 is 29.3 Å². The highest BCUT2D eigenvalue weighted by Gasteiger charge is 2.25. The number of benzene rings is 3. The van der Waals surface area contributed by atoms with Gasteiger partial charge >= 0.3 is 0 Å². The zero-order chi connectivity index (χ0) is 24.6. The van der Waals surface area contributed by atoms with Gasteiger partial charge in [0.2, 0.25) is 5.91 Å². The summed E-state index contributed by atoms with van der Waals surface area (Å²) in [5.41, 5.74) is 1.82. The predicted molar refractivity (Wildman–Crippen MR) is 131 cm³/mol. The standard InChI is InChI=1S/C27H25FN2O5/c1-33-22-9-11-23(12-10-22)34-16-2-15-30-24-17-21(8-13-25(24)35-18-27(30)32)29-26(31)14-5-19-3-6-20(28)7-4-19/h3-14,17H,2,15-16,18H2,1H3,(H,29,31)/b14-5+. The van der Waals surface area contributed by atoms with Crippen molar-refractivity contribution in [3.05, 3.63) is 84.2 Å². The van der Waals surface area contributed by atoms with Gasteiger partial charge in [0.05, 0.1) is 19.4 Å². The Hall–Kier alpha value is -4.33. The first-order valence-electron chi connectivity index (χ1n) is 11.1. The van der Waals surface area contributed by atoms with E-state index in [1.165, 1.54) is 18.2 Å². The molecule has 0 fully saturated rings. The minimum atomic E-state index is -0.350. The molecular formula is C27H25FN2O5. The van der Waals surface area contributed by atoms with E-state index in [4.69, 9.17) is 14.2 Å². The maximum Gasteiger partial charge on any atom is 0.265 e. The highest BCUT2D eigenvalue weighted by Crippen LogP contribution is 2.34. The minimum absolute atomic E-state index is 0.0432. The van der Waals surface area contributed by atoms with Crippen LogP contribution < -0.4 is 24.4 Å². The molecule has 0 bridgehead atoms. The maximum absolute atomic E-state index is 13.0. The fraction of sp³-hybridized carbons (Fsp3) is 0.185. The Labute approximate surface area is 202 Å². The zero-order valence-corrected chi connectivity index (χ0v) is 19.2. The van der Waals surface area contributed by atoms with Gasteiger partial charge < -0.3 is 24.4 Å². The van der Waals surface area contributed by atoms with Crippen molar-refractivity contribution in [3.8, 4) is 17.2 Å². The molecule has 0 aromatic heterocycles. The van der Waals surface area contributed by atoms with E-state index in [0.29, 0.717) is 42.3 Å². The number of hydrogen-bond acceptors (Lipinski definition) is 5. The van der Waals surface area contributed by atoms with E-state index in [-0.39, 0.29) is 24.2 Å². The molecule has 0 aliphatic carbocycles. The quantitative estimate of drug-likeness (QED) is 0.359. The fourth-order valence-electron chi connectivity index (χ4n) is 3.54. The Balaban J connectivity index is 1.36. The van der Waals surface area contributed by atoms with E-state index >= 15 is 0 Å². The zero-order valence-electron chi connectivity index (χ0n) is 19.2. The van der Waals surface area contributed by atoms with Crippen molar-refractivity contribution in [1.29, 1.82) is 0 Å². The third-order valence-corrected chi connectivity index (χ3v) is 5.32. The molecule has 1 N–H and O–H groups in total. The van der Waals surface area contributed by atoms with Crippen LogP contribution in [0.2, 0.25) is 0 Å². The second-order valence-electron chi connectivity index (χ2n) is 7.77. The average Bonchev–Trinajstić information content (AvgIpc) is 2.87. The van der Waals surface area contributed by atoms with Gasteiger partial charge in [0.25, 0.3) is 5.91 Å². The van der Waals surface area contributed by atoms with Crippen LogP contribution in [0.25, 0.3) is 6.08 Å². The average molecular weight is 477 g/mol. The molecule has 3 aromatic carbocycles. The Morgan fingerprint density at radius 3 is 2.57 bits per heavy atom. The van der Waals surface area contributed by atoms with Crippen LogP contribution in [0.3, 0.4) is 0 Å². The van der Waals surface area contributed by atoms with Crippen molar-refractivity contribution in [2.45, 2.75) is 6.42 Å². The number of nitrogens with zero attached hydrogens (tertiary/aromatic N) is 1. The molecular weight excluding hydrogens is 451 g/mol. The van der Waals surface area contributed by atoms with Crippen molar-refractivity contribution < 1.29 is 28.2 Å². The summed E-state index contributed by atoms with van der Waals surface area (Å²) in [6, 6.07) is 18.3. The Morgan fingerprint density at radius 1 is 1.09 bits per heavy atom. The topological polar surface area (TPSA) is 77.1 Å². The largest absolute Gasteiger partial charge is 0.497 e. The van der Waals surface area contributed by atoms with Crippen LogP contribution in [-0.4, -0.2) is 38.7 Å². The van der Waals surface area contributed by atoms with Crippen LogP contribution in [0, 0.1) is 5.82 Å². The molecule has 0 saturated heterocycles. The normalized spacial score (nSPS) is 12.7. The first kappa shape index (κ1) is 23.8. The molecule has 1 aliphatic heterocycles. The van der Waals surface area contributed by atoms with E-state index in [0.717, 1.165) is 11.5 Å². The van der Waals surface area contributed by atoms with E-state index in [9.17, 15) is 14.0 Å². The SMILES string of the molecule is COc1ccc(OCCCN2C(=O)COc3ccc(NC(=O)/C=C/c4ccc(F)cc4)cc32)cc1. The molecule has 7 nitrogen and oxygen atoms in total. The molecule has 180 valence electrons. The summed E-state index contributed by atoms with van der Waals surface area (Å²) in [5, 5.41) is 2.78. The van der Waals surface area contributed by atoms with Gasteiger partial charge in [0, 0.05) is 18.3 Å². The van der Waals surface area contributed by atoms with Crippen LogP contribution in [0.4, 0.5) is 15.8 Å². The number of fused-ring (bicyclic) bond motifs is 1. The van der Waals surface area contributed by atoms with Gasteiger partial charge in [-0.2, -0.15) is 0 Å². The lowest BCUT2D eigenvalue weighted by Crippen LogP contribution is -2.39. The Kier molecular flexibility index (Phi) is 7.62. The Bertz CT molecular complexity index is 1210. The maximum atomic E-state index is 13.0. The molecule has 4 rings (SSSR count). The molecule has 8 heteroatoms. The number of methoxy groups -OCH3 is 1. The van der Waals surface area contributed by atoms with Gasteiger partial charge in [-0.05, 0) is 72.7 Å². The lowest BCUT2D eigenvalue weighted by Gasteiger charge is -2.29. The molecule has 0 saturated carbocycles. The third-order valence-electron chi connectivity index (χ3n) is 5.32. The highest BCUT2D eigenvalue weighted by molar-refractivity contribution is 6.03. The minimum Gasteiger partial charge on any atom is -0.497 e. The number of amides is 2. The Morgan fingerprint density at radius 2 is 1.83 bits per heavy atom. The summed E-state index contributed by atoms with van der Waals surface area (Å²) in [5.74, 6) is 1.19. The molecule has 1 heterocycles. The summed E-state index contributed by atoms with van der Waals surface area (Å²) in [6.07, 6.45) is 3.56. The summed E-state index contributed by atoms with van der Waals surface area (Å²) < 4.78 is 29.5. The molecule has 3 aromatic rings. The van der Waals surface area contributed by atoms with Crippen molar-refractivity contribution in [1.82, 2.24) is 0 Å². The first-order chi connectivity index (χ1) is 17.0.